The summed E-state index contributed by atoms with van der Waals surface area (Å²) in [5.41, 5.74) is 4.17. The van der Waals surface area contributed by atoms with Crippen molar-refractivity contribution in [1.29, 1.82) is 0 Å². The summed E-state index contributed by atoms with van der Waals surface area (Å²) in [6, 6.07) is 18.3. The maximum absolute atomic E-state index is 13.4. The molecule has 1 N–H and O–H groups in total. The minimum Gasteiger partial charge on any atom is -0.457 e. The summed E-state index contributed by atoms with van der Waals surface area (Å²) in [6.45, 7) is 9.58. The molecule has 0 spiro atoms. The second-order valence-electron chi connectivity index (χ2n) is 13.3. The third-order valence-electron chi connectivity index (χ3n) is 9.46. The van der Waals surface area contributed by atoms with E-state index in [2.05, 4.69) is 41.2 Å². The van der Waals surface area contributed by atoms with Crippen LogP contribution in [0.5, 0.6) is 11.5 Å². The molecule has 8 heteroatoms. The highest BCUT2D eigenvalue weighted by Crippen LogP contribution is 2.32. The van der Waals surface area contributed by atoms with Crippen LogP contribution in [0.15, 0.2) is 54.6 Å². The second kappa shape index (κ2) is 13.5. The Morgan fingerprint density at radius 2 is 1.73 bits per heavy atom. The smallest absolute Gasteiger partial charge is 0.251 e. The van der Waals surface area contributed by atoms with Crippen LogP contribution in [0, 0.1) is 5.92 Å². The standard InChI is InChI=1S/C36H45N5O3/c1-24(2)32-14-15-33(39-38-32)26-10-12-31(13-11-26)44-34-21-27(8-9-28(34)23-41-22-25(3)20-35(41)42)36(43)37-29-16-18-40(19-17-29)30-6-4-5-7-30/h8-15,21,24-25,29-30H,4-7,16-20,22-23H2,1-3H3,(H,37,43)/t25-/m0/s1. The predicted octanol–water partition coefficient (Wildman–Crippen LogP) is 6.56. The van der Waals surface area contributed by atoms with E-state index in [1.54, 1.807) is 0 Å². The van der Waals surface area contributed by atoms with Gasteiger partial charge in [-0.2, -0.15) is 10.2 Å². The number of carbonyl (C=O) groups is 2. The Balaban J connectivity index is 1.16. The molecule has 2 amide bonds. The second-order valence-corrected chi connectivity index (χ2v) is 13.3. The molecule has 8 nitrogen and oxygen atoms in total. The summed E-state index contributed by atoms with van der Waals surface area (Å²) in [4.78, 5) is 30.5. The van der Waals surface area contributed by atoms with Crippen LogP contribution in [0.4, 0.5) is 0 Å². The van der Waals surface area contributed by atoms with Gasteiger partial charge in [0.1, 0.15) is 11.5 Å². The molecule has 0 radical (unpaired) electrons. The zero-order valence-electron chi connectivity index (χ0n) is 26.3. The Morgan fingerprint density at radius 1 is 0.977 bits per heavy atom. The van der Waals surface area contributed by atoms with E-state index < -0.39 is 0 Å². The number of benzene rings is 2. The van der Waals surface area contributed by atoms with Crippen molar-refractivity contribution < 1.29 is 14.3 Å². The molecule has 0 unspecified atom stereocenters. The van der Waals surface area contributed by atoms with E-state index in [1.165, 1.54) is 25.7 Å². The molecule has 44 heavy (non-hydrogen) atoms. The van der Waals surface area contributed by atoms with Crippen LogP contribution in [-0.4, -0.2) is 63.5 Å². The lowest BCUT2D eigenvalue weighted by molar-refractivity contribution is -0.128. The van der Waals surface area contributed by atoms with E-state index in [1.807, 2.05) is 59.5 Å². The Bertz CT molecular complexity index is 1440. The summed E-state index contributed by atoms with van der Waals surface area (Å²) >= 11 is 0. The van der Waals surface area contributed by atoms with Gasteiger partial charge in [-0.05, 0) is 86.1 Å². The molecular formula is C36H45N5O3. The topological polar surface area (TPSA) is 87.7 Å². The number of ether oxygens (including phenoxy) is 1. The lowest BCUT2D eigenvalue weighted by atomic mass is 10.0. The monoisotopic (exact) mass is 595 g/mol. The third-order valence-corrected chi connectivity index (χ3v) is 9.46. The van der Waals surface area contributed by atoms with Gasteiger partial charge in [-0.25, -0.2) is 0 Å². The molecule has 2 saturated heterocycles. The number of hydrogen-bond donors (Lipinski definition) is 1. The zero-order chi connectivity index (χ0) is 30.6. The van der Waals surface area contributed by atoms with Gasteiger partial charge < -0.3 is 19.9 Å². The fraction of sp³-hybridized carbons (Fsp3) is 0.500. The number of rotatable bonds is 9. The normalized spacial score (nSPS) is 20.0. The Morgan fingerprint density at radius 3 is 2.36 bits per heavy atom. The predicted molar refractivity (Wildman–Crippen MR) is 172 cm³/mol. The van der Waals surface area contributed by atoms with Gasteiger partial charge in [0, 0.05) is 61.4 Å². The molecule has 3 aliphatic rings. The Kier molecular flexibility index (Phi) is 9.26. The maximum Gasteiger partial charge on any atom is 0.251 e. The van der Waals surface area contributed by atoms with E-state index in [-0.39, 0.29) is 17.9 Å². The van der Waals surface area contributed by atoms with Gasteiger partial charge in [-0.15, -0.1) is 0 Å². The molecule has 2 aliphatic heterocycles. The summed E-state index contributed by atoms with van der Waals surface area (Å²) in [6.07, 6.45) is 7.85. The van der Waals surface area contributed by atoms with Gasteiger partial charge in [0.25, 0.3) is 5.91 Å². The maximum atomic E-state index is 13.4. The first-order valence-corrected chi connectivity index (χ1v) is 16.4. The molecular weight excluding hydrogens is 550 g/mol. The minimum absolute atomic E-state index is 0.0784. The van der Waals surface area contributed by atoms with Crippen LogP contribution in [0.1, 0.15) is 93.3 Å². The van der Waals surface area contributed by atoms with Crippen molar-refractivity contribution in [2.75, 3.05) is 19.6 Å². The fourth-order valence-corrected chi connectivity index (χ4v) is 6.82. The van der Waals surface area contributed by atoms with Crippen molar-refractivity contribution in [3.8, 4) is 22.8 Å². The summed E-state index contributed by atoms with van der Waals surface area (Å²) < 4.78 is 6.41. The molecule has 3 aromatic rings. The fourth-order valence-electron chi connectivity index (χ4n) is 6.82. The minimum atomic E-state index is -0.0784. The number of nitrogens with one attached hydrogen (secondary N) is 1. The van der Waals surface area contributed by atoms with Gasteiger partial charge in [-0.3, -0.25) is 9.59 Å². The molecule has 1 saturated carbocycles. The van der Waals surface area contributed by atoms with E-state index in [0.717, 1.165) is 61.0 Å². The van der Waals surface area contributed by atoms with Crippen LogP contribution in [0.3, 0.4) is 0 Å². The van der Waals surface area contributed by atoms with Gasteiger partial charge in [-0.1, -0.05) is 39.7 Å². The summed E-state index contributed by atoms with van der Waals surface area (Å²) in [5, 5.41) is 12.0. The highest BCUT2D eigenvalue weighted by Gasteiger charge is 2.29. The van der Waals surface area contributed by atoms with Crippen molar-refractivity contribution in [3.05, 3.63) is 71.4 Å². The lowest BCUT2D eigenvalue weighted by Gasteiger charge is -2.36. The third kappa shape index (κ3) is 7.12. The molecule has 2 aromatic carbocycles. The van der Waals surface area contributed by atoms with Crippen molar-refractivity contribution in [3.63, 3.8) is 0 Å². The molecule has 6 rings (SSSR count). The number of hydrogen-bond acceptors (Lipinski definition) is 6. The summed E-state index contributed by atoms with van der Waals surface area (Å²) in [5.74, 6) is 1.98. The van der Waals surface area contributed by atoms with E-state index in [9.17, 15) is 9.59 Å². The molecule has 1 aliphatic carbocycles. The first-order valence-electron chi connectivity index (χ1n) is 16.4. The number of aromatic nitrogens is 2. The molecule has 3 heterocycles. The van der Waals surface area contributed by atoms with Gasteiger partial charge in [0.15, 0.2) is 0 Å². The summed E-state index contributed by atoms with van der Waals surface area (Å²) in [7, 11) is 0. The lowest BCUT2D eigenvalue weighted by Crippen LogP contribution is -2.47. The number of piperidine rings is 1. The first-order chi connectivity index (χ1) is 21.3. The number of amides is 2. The largest absolute Gasteiger partial charge is 0.457 e. The quantitative estimate of drug-likeness (QED) is 0.301. The SMILES string of the molecule is CC(C)c1ccc(-c2ccc(Oc3cc(C(=O)NC4CCN(C5CCCC5)CC4)ccc3CN3C[C@@H](C)CC3=O)cc2)nn1. The van der Waals surface area contributed by atoms with Crippen molar-refractivity contribution in [2.45, 2.75) is 90.3 Å². The number of likely N-dealkylation sites (tertiary alicyclic amines) is 2. The van der Waals surface area contributed by atoms with Gasteiger partial charge >= 0.3 is 0 Å². The van der Waals surface area contributed by atoms with Crippen LogP contribution < -0.4 is 10.1 Å². The molecule has 232 valence electrons. The molecule has 1 aromatic heterocycles. The Labute approximate surface area is 261 Å². The van der Waals surface area contributed by atoms with Crippen LogP contribution in [0.25, 0.3) is 11.3 Å². The highest BCUT2D eigenvalue weighted by molar-refractivity contribution is 5.95. The van der Waals surface area contributed by atoms with Crippen LogP contribution in [0.2, 0.25) is 0 Å². The average Bonchev–Trinajstić information content (AvgIpc) is 3.68. The van der Waals surface area contributed by atoms with E-state index >= 15 is 0 Å². The Hall–Kier alpha value is -3.78. The number of nitrogens with zero attached hydrogens (tertiary/aromatic N) is 4. The molecule has 1 atom stereocenters. The molecule has 3 fully saturated rings. The van der Waals surface area contributed by atoms with Crippen LogP contribution >= 0.6 is 0 Å². The van der Waals surface area contributed by atoms with Crippen LogP contribution in [-0.2, 0) is 11.3 Å². The van der Waals surface area contributed by atoms with Crippen molar-refractivity contribution >= 4 is 11.8 Å². The van der Waals surface area contributed by atoms with E-state index in [4.69, 9.17) is 4.74 Å². The first kappa shape index (κ1) is 30.3. The van der Waals surface area contributed by atoms with Gasteiger partial charge in [0.2, 0.25) is 5.91 Å². The van der Waals surface area contributed by atoms with Crippen molar-refractivity contribution in [1.82, 2.24) is 25.3 Å². The number of carbonyl (C=O) groups excluding carboxylic acids is 2. The average molecular weight is 596 g/mol. The highest BCUT2D eigenvalue weighted by atomic mass is 16.5. The van der Waals surface area contributed by atoms with Gasteiger partial charge in [0.05, 0.1) is 11.4 Å². The van der Waals surface area contributed by atoms with Crippen molar-refractivity contribution in [2.24, 2.45) is 5.92 Å². The van der Waals surface area contributed by atoms with E-state index in [0.29, 0.717) is 41.9 Å². The zero-order valence-corrected chi connectivity index (χ0v) is 26.3. The molecule has 0 bridgehead atoms.